The minimum Gasteiger partial charge on any atom is -0.481 e. The summed E-state index contributed by atoms with van der Waals surface area (Å²) in [5.41, 5.74) is 1.29. The van der Waals surface area contributed by atoms with Crippen LogP contribution in [-0.2, 0) is 16.1 Å². The topological polar surface area (TPSA) is 101 Å². The van der Waals surface area contributed by atoms with Gasteiger partial charge in [-0.25, -0.2) is 4.68 Å². The van der Waals surface area contributed by atoms with Gasteiger partial charge in [-0.05, 0) is 22.1 Å². The highest BCUT2D eigenvalue weighted by molar-refractivity contribution is 5.98. The van der Waals surface area contributed by atoms with E-state index >= 15 is 0 Å². The fraction of sp³-hybridized carbons (Fsp3) is 0.250. The molecule has 0 spiro atoms. The Morgan fingerprint density at radius 3 is 2.85 bits per heavy atom. The molecule has 1 atom stereocenters. The van der Waals surface area contributed by atoms with Crippen molar-refractivity contribution in [2.45, 2.75) is 12.5 Å². The Balaban J connectivity index is 1.88. The summed E-state index contributed by atoms with van der Waals surface area (Å²) in [4.78, 5) is 25.0. The van der Waals surface area contributed by atoms with Gasteiger partial charge in [0.15, 0.2) is 0 Å². The molecule has 1 aliphatic rings. The smallest absolute Gasteiger partial charge is 0.312 e. The monoisotopic (exact) mass is 273 g/mol. The van der Waals surface area contributed by atoms with Crippen molar-refractivity contribution in [1.29, 1.82) is 0 Å². The summed E-state index contributed by atoms with van der Waals surface area (Å²) in [7, 11) is 0. The number of hydrogen-bond donors (Lipinski definition) is 1. The van der Waals surface area contributed by atoms with E-state index in [-0.39, 0.29) is 19.0 Å². The van der Waals surface area contributed by atoms with Crippen LogP contribution >= 0.6 is 0 Å². The lowest BCUT2D eigenvalue weighted by Crippen LogP contribution is -2.34. The van der Waals surface area contributed by atoms with Crippen LogP contribution in [0.3, 0.4) is 0 Å². The van der Waals surface area contributed by atoms with E-state index in [4.69, 9.17) is 0 Å². The second-order valence-electron chi connectivity index (χ2n) is 4.46. The Hall–Kier alpha value is -2.77. The van der Waals surface area contributed by atoms with Crippen molar-refractivity contribution in [1.82, 2.24) is 20.2 Å². The van der Waals surface area contributed by atoms with Crippen molar-refractivity contribution in [2.75, 3.05) is 11.4 Å². The third-order valence-corrected chi connectivity index (χ3v) is 3.26. The van der Waals surface area contributed by atoms with Crippen LogP contribution < -0.4 is 4.90 Å². The van der Waals surface area contributed by atoms with Crippen LogP contribution in [0.5, 0.6) is 0 Å². The van der Waals surface area contributed by atoms with Crippen molar-refractivity contribution in [3.63, 3.8) is 0 Å². The van der Waals surface area contributed by atoms with E-state index in [1.807, 2.05) is 0 Å². The Bertz CT molecular complexity index is 655. The predicted molar refractivity (Wildman–Crippen MR) is 67.0 cm³/mol. The molecule has 3 rings (SSSR count). The molecular formula is C12H11N5O3. The van der Waals surface area contributed by atoms with E-state index in [9.17, 15) is 14.7 Å². The average Bonchev–Trinajstić information content (AvgIpc) is 3.05. The van der Waals surface area contributed by atoms with Crippen molar-refractivity contribution < 1.29 is 14.7 Å². The van der Waals surface area contributed by atoms with Crippen molar-refractivity contribution in [3.05, 3.63) is 36.2 Å². The molecule has 8 nitrogen and oxygen atoms in total. The molecule has 20 heavy (non-hydrogen) atoms. The quantitative estimate of drug-likeness (QED) is 0.837. The van der Waals surface area contributed by atoms with Crippen molar-refractivity contribution >= 4 is 17.6 Å². The van der Waals surface area contributed by atoms with E-state index in [0.717, 1.165) is 0 Å². The zero-order chi connectivity index (χ0) is 14.1. The van der Waals surface area contributed by atoms with Crippen LogP contribution in [0.25, 0.3) is 0 Å². The normalized spacial score (nSPS) is 17.0. The molecule has 0 bridgehead atoms. The highest BCUT2D eigenvalue weighted by atomic mass is 16.4. The lowest BCUT2D eigenvalue weighted by atomic mass is 10.0. The van der Waals surface area contributed by atoms with Gasteiger partial charge >= 0.3 is 5.97 Å². The second kappa shape index (κ2) is 4.72. The second-order valence-corrected chi connectivity index (χ2v) is 4.46. The fourth-order valence-electron chi connectivity index (χ4n) is 2.33. The lowest BCUT2D eigenvalue weighted by molar-refractivity contribution is -0.138. The third kappa shape index (κ3) is 2.00. The molecule has 2 heterocycles. The number of hydrogen-bond acceptors (Lipinski definition) is 5. The number of fused-ring (bicyclic) bond motifs is 1. The number of benzene rings is 1. The summed E-state index contributed by atoms with van der Waals surface area (Å²) in [6.07, 6.45) is 1.34. The summed E-state index contributed by atoms with van der Waals surface area (Å²) < 4.78 is 1.30. The van der Waals surface area contributed by atoms with Crippen molar-refractivity contribution in [3.8, 4) is 0 Å². The number of aliphatic carboxylic acids is 1. The van der Waals surface area contributed by atoms with E-state index < -0.39 is 11.9 Å². The zero-order valence-electron chi connectivity index (χ0n) is 10.4. The molecule has 1 aromatic carbocycles. The summed E-state index contributed by atoms with van der Waals surface area (Å²) in [5.74, 6) is -1.87. The number of tetrazole rings is 1. The summed E-state index contributed by atoms with van der Waals surface area (Å²) in [5, 5.41) is 19.8. The minimum absolute atomic E-state index is 0.0202. The number of carbonyl (C=O) groups is 2. The summed E-state index contributed by atoms with van der Waals surface area (Å²) >= 11 is 0. The van der Waals surface area contributed by atoms with Gasteiger partial charge in [-0.3, -0.25) is 9.59 Å². The fourth-order valence-corrected chi connectivity index (χ4v) is 2.33. The number of rotatable bonds is 3. The lowest BCUT2D eigenvalue weighted by Gasteiger charge is -2.16. The van der Waals surface area contributed by atoms with Crippen molar-refractivity contribution in [2.24, 2.45) is 0 Å². The molecule has 1 amide bonds. The molecule has 0 saturated heterocycles. The maximum absolute atomic E-state index is 12.3. The first-order valence-electron chi connectivity index (χ1n) is 5.99. The number of carbonyl (C=O) groups excluding carboxylic acids is 1. The standard InChI is InChI=1S/C12H11N5O3/c18-11(6-16-7-13-14-15-16)17-5-9(12(19)20)8-3-1-2-4-10(8)17/h1-4,7,9H,5-6H2,(H,19,20)/t9-/m1/s1. The molecule has 102 valence electrons. The number of carboxylic acid groups (broad SMARTS) is 1. The number of nitrogens with zero attached hydrogens (tertiary/aromatic N) is 5. The molecule has 0 fully saturated rings. The van der Waals surface area contributed by atoms with Gasteiger partial charge in [0.1, 0.15) is 18.8 Å². The van der Waals surface area contributed by atoms with Crippen LogP contribution in [0.15, 0.2) is 30.6 Å². The first-order valence-corrected chi connectivity index (χ1v) is 5.99. The molecule has 1 N–H and O–H groups in total. The van der Waals surface area contributed by atoms with Crippen LogP contribution in [-0.4, -0.2) is 43.7 Å². The Morgan fingerprint density at radius 2 is 2.15 bits per heavy atom. The van der Waals surface area contributed by atoms with Gasteiger partial charge in [-0.15, -0.1) is 5.10 Å². The maximum Gasteiger partial charge on any atom is 0.312 e. The van der Waals surface area contributed by atoms with Gasteiger partial charge in [0.05, 0.1) is 0 Å². The van der Waals surface area contributed by atoms with Gasteiger partial charge in [0.25, 0.3) is 0 Å². The van der Waals surface area contributed by atoms with E-state index in [1.54, 1.807) is 24.3 Å². The molecule has 1 aliphatic heterocycles. The Morgan fingerprint density at radius 1 is 1.35 bits per heavy atom. The maximum atomic E-state index is 12.3. The number of carboxylic acids is 1. The third-order valence-electron chi connectivity index (χ3n) is 3.26. The van der Waals surface area contributed by atoms with Gasteiger partial charge in [-0.2, -0.15) is 0 Å². The summed E-state index contributed by atoms with van der Waals surface area (Å²) in [6, 6.07) is 7.03. The van der Waals surface area contributed by atoms with Gasteiger partial charge in [-0.1, -0.05) is 18.2 Å². The van der Waals surface area contributed by atoms with Gasteiger partial charge < -0.3 is 10.0 Å². The van der Waals surface area contributed by atoms with E-state index in [2.05, 4.69) is 15.5 Å². The molecular weight excluding hydrogens is 262 g/mol. The predicted octanol–water partition coefficient (Wildman–Crippen LogP) is -0.112. The molecule has 0 unspecified atom stereocenters. The van der Waals surface area contributed by atoms with Crippen LogP contribution in [0.2, 0.25) is 0 Å². The minimum atomic E-state index is -0.935. The molecule has 8 heteroatoms. The molecule has 2 aromatic rings. The number of aromatic nitrogens is 4. The molecule has 1 aromatic heterocycles. The Labute approximate surface area is 113 Å². The van der Waals surface area contributed by atoms with Crippen LogP contribution in [0.1, 0.15) is 11.5 Å². The van der Waals surface area contributed by atoms with E-state index in [1.165, 1.54) is 15.9 Å². The van der Waals surface area contributed by atoms with Gasteiger partial charge in [0, 0.05) is 12.2 Å². The average molecular weight is 273 g/mol. The van der Waals surface area contributed by atoms with Crippen LogP contribution in [0, 0.1) is 0 Å². The molecule has 0 aliphatic carbocycles. The van der Waals surface area contributed by atoms with E-state index in [0.29, 0.717) is 11.3 Å². The first-order chi connectivity index (χ1) is 9.66. The van der Waals surface area contributed by atoms with Gasteiger partial charge in [0.2, 0.25) is 5.91 Å². The highest BCUT2D eigenvalue weighted by Crippen LogP contribution is 2.36. The molecule has 0 saturated carbocycles. The number of anilines is 1. The molecule has 0 radical (unpaired) electrons. The number of amides is 1. The first kappa shape index (κ1) is 12.3. The Kier molecular flexibility index (Phi) is 2.90. The summed E-state index contributed by atoms with van der Waals surface area (Å²) in [6.45, 7) is 0.114. The number of para-hydroxylation sites is 1. The SMILES string of the molecule is O=C(O)[C@@H]1CN(C(=O)Cn2cnnn2)c2ccccc21. The zero-order valence-corrected chi connectivity index (χ0v) is 10.4. The largest absolute Gasteiger partial charge is 0.481 e. The highest BCUT2D eigenvalue weighted by Gasteiger charge is 2.36. The van der Waals surface area contributed by atoms with Crippen LogP contribution in [0.4, 0.5) is 5.69 Å².